The van der Waals surface area contributed by atoms with Crippen molar-refractivity contribution in [2.75, 3.05) is 6.54 Å². The maximum Gasteiger partial charge on any atom is 0.191 e. The second kappa shape index (κ2) is 8.29. The average molecular weight is 337 g/mol. The molecule has 0 aliphatic rings. The van der Waals surface area contributed by atoms with Gasteiger partial charge in [0.2, 0.25) is 0 Å². The van der Waals surface area contributed by atoms with E-state index < -0.39 is 0 Å². The van der Waals surface area contributed by atoms with Crippen LogP contribution in [0.25, 0.3) is 0 Å². The van der Waals surface area contributed by atoms with Crippen molar-refractivity contribution in [2.45, 2.75) is 46.7 Å². The zero-order valence-electron chi connectivity index (χ0n) is 13.6. The number of aryl methyl sites for hydroxylation is 2. The highest BCUT2D eigenvalue weighted by Crippen LogP contribution is 2.17. The van der Waals surface area contributed by atoms with Crippen LogP contribution >= 0.6 is 22.7 Å². The second-order valence-electron chi connectivity index (χ2n) is 5.32. The van der Waals surface area contributed by atoms with Gasteiger partial charge in [-0.2, -0.15) is 0 Å². The Morgan fingerprint density at radius 1 is 1.36 bits per heavy atom. The molecule has 0 aromatic carbocycles. The van der Waals surface area contributed by atoms with Crippen LogP contribution in [0.1, 0.15) is 34.2 Å². The lowest BCUT2D eigenvalue weighted by atomic mass is 10.2. The minimum Gasteiger partial charge on any atom is -0.357 e. The topological polar surface area (TPSA) is 49.3 Å². The fraction of sp³-hybridized carbons (Fsp3) is 0.500. The molecule has 0 aliphatic carbocycles. The van der Waals surface area contributed by atoms with E-state index in [9.17, 15) is 0 Å². The molecule has 2 N–H and O–H groups in total. The Labute approximate surface area is 140 Å². The van der Waals surface area contributed by atoms with Crippen LogP contribution in [0, 0.1) is 13.8 Å². The molecule has 1 atom stereocenters. The molecule has 0 radical (unpaired) electrons. The quantitative estimate of drug-likeness (QED) is 0.627. The summed E-state index contributed by atoms with van der Waals surface area (Å²) in [5.41, 5.74) is 2.95. The maximum atomic E-state index is 4.67. The van der Waals surface area contributed by atoms with Crippen LogP contribution in [0.3, 0.4) is 0 Å². The number of hydrogen-bond acceptors (Lipinski definition) is 4. The summed E-state index contributed by atoms with van der Waals surface area (Å²) in [5, 5.41) is 6.80. The summed E-state index contributed by atoms with van der Waals surface area (Å²) in [6.45, 7) is 10.00. The van der Waals surface area contributed by atoms with Gasteiger partial charge in [0.15, 0.2) is 5.96 Å². The molecule has 120 valence electrons. The number of hydrogen-bond donors (Lipinski definition) is 2. The molecule has 2 aromatic heterocycles. The van der Waals surface area contributed by atoms with Crippen LogP contribution in [0.2, 0.25) is 0 Å². The first kappa shape index (κ1) is 17.0. The van der Waals surface area contributed by atoms with Gasteiger partial charge < -0.3 is 10.6 Å². The normalized spacial score (nSPS) is 13.2. The van der Waals surface area contributed by atoms with E-state index in [1.807, 2.05) is 23.8 Å². The van der Waals surface area contributed by atoms with Gasteiger partial charge in [0.25, 0.3) is 0 Å². The lowest BCUT2D eigenvalue weighted by Gasteiger charge is -2.17. The third-order valence-electron chi connectivity index (χ3n) is 3.26. The van der Waals surface area contributed by atoms with Crippen molar-refractivity contribution < 1.29 is 0 Å². The first-order valence-electron chi connectivity index (χ1n) is 7.57. The van der Waals surface area contributed by atoms with Gasteiger partial charge in [-0.25, -0.2) is 9.98 Å². The van der Waals surface area contributed by atoms with E-state index in [1.165, 1.54) is 14.6 Å². The van der Waals surface area contributed by atoms with E-state index in [0.29, 0.717) is 12.6 Å². The zero-order valence-corrected chi connectivity index (χ0v) is 15.3. The van der Waals surface area contributed by atoms with Gasteiger partial charge in [-0.1, -0.05) is 0 Å². The third kappa shape index (κ3) is 5.10. The van der Waals surface area contributed by atoms with Crippen LogP contribution in [0.4, 0.5) is 0 Å². The van der Waals surface area contributed by atoms with Crippen LogP contribution in [0.15, 0.2) is 22.6 Å². The van der Waals surface area contributed by atoms with Crippen LogP contribution in [0.5, 0.6) is 0 Å². The Morgan fingerprint density at radius 3 is 2.77 bits per heavy atom. The Bertz CT molecular complexity index is 615. The van der Waals surface area contributed by atoms with Crippen LogP contribution in [-0.4, -0.2) is 23.5 Å². The lowest BCUT2D eigenvalue weighted by Crippen LogP contribution is -2.43. The van der Waals surface area contributed by atoms with Crippen molar-refractivity contribution in [3.05, 3.63) is 38.0 Å². The van der Waals surface area contributed by atoms with Gasteiger partial charge in [-0.15, -0.1) is 22.7 Å². The number of aromatic nitrogens is 1. The number of nitrogens with zero attached hydrogens (tertiary/aromatic N) is 2. The molecule has 0 bridgehead atoms. The molecule has 4 nitrogen and oxygen atoms in total. The molecule has 6 heteroatoms. The largest absolute Gasteiger partial charge is 0.357 e. The summed E-state index contributed by atoms with van der Waals surface area (Å²) < 4.78 is 0. The number of thiazole rings is 1. The van der Waals surface area contributed by atoms with Crippen molar-refractivity contribution in [3.8, 4) is 0 Å². The summed E-state index contributed by atoms with van der Waals surface area (Å²) in [6, 6.07) is 4.74. The van der Waals surface area contributed by atoms with Gasteiger partial charge in [0.1, 0.15) is 0 Å². The molecule has 22 heavy (non-hydrogen) atoms. The SMILES string of the molecule is CCNC(=NCc1scnc1C)NC(C)Cc1ccc(C)s1. The molecule has 0 saturated carbocycles. The molecular formula is C16H24N4S2. The van der Waals surface area contributed by atoms with Crippen molar-refractivity contribution >= 4 is 28.6 Å². The van der Waals surface area contributed by atoms with Gasteiger partial charge in [-0.3, -0.25) is 0 Å². The number of aliphatic imine (C=N–C) groups is 1. The summed E-state index contributed by atoms with van der Waals surface area (Å²) >= 11 is 3.52. The minimum atomic E-state index is 0.346. The predicted octanol–water partition coefficient (Wildman–Crippen LogP) is 3.51. The highest BCUT2D eigenvalue weighted by molar-refractivity contribution is 7.11. The zero-order chi connectivity index (χ0) is 15.9. The average Bonchev–Trinajstić information content (AvgIpc) is 3.05. The molecule has 0 fully saturated rings. The van der Waals surface area contributed by atoms with Crippen molar-refractivity contribution in [1.29, 1.82) is 0 Å². The molecular weight excluding hydrogens is 312 g/mol. The van der Waals surface area contributed by atoms with Gasteiger partial charge in [0.05, 0.1) is 17.7 Å². The molecule has 0 aliphatic heterocycles. The van der Waals surface area contributed by atoms with Gasteiger partial charge >= 0.3 is 0 Å². The number of guanidine groups is 1. The fourth-order valence-corrected chi connectivity index (χ4v) is 3.85. The number of nitrogens with one attached hydrogen (secondary N) is 2. The number of thiophene rings is 1. The van der Waals surface area contributed by atoms with E-state index in [2.05, 4.69) is 53.5 Å². The summed E-state index contributed by atoms with van der Waals surface area (Å²) in [6.07, 6.45) is 1.02. The maximum absolute atomic E-state index is 4.67. The van der Waals surface area contributed by atoms with E-state index in [4.69, 9.17) is 0 Å². The highest BCUT2D eigenvalue weighted by atomic mass is 32.1. The van der Waals surface area contributed by atoms with E-state index in [-0.39, 0.29) is 0 Å². The molecule has 2 aromatic rings. The summed E-state index contributed by atoms with van der Waals surface area (Å²) in [4.78, 5) is 12.9. The standard InChI is InChI=1S/C16H24N4S2/c1-5-17-16(18-9-15-13(4)19-10-21-15)20-11(2)8-14-7-6-12(3)22-14/h6-7,10-11H,5,8-9H2,1-4H3,(H2,17,18,20). The lowest BCUT2D eigenvalue weighted by molar-refractivity contribution is 0.645. The smallest absolute Gasteiger partial charge is 0.191 e. The molecule has 0 saturated heterocycles. The van der Waals surface area contributed by atoms with Crippen molar-refractivity contribution in [1.82, 2.24) is 15.6 Å². The Hall–Kier alpha value is -1.40. The molecule has 0 amide bonds. The van der Waals surface area contributed by atoms with Crippen molar-refractivity contribution in [3.63, 3.8) is 0 Å². The van der Waals surface area contributed by atoms with Gasteiger partial charge in [0, 0.05) is 33.6 Å². The first-order chi connectivity index (χ1) is 10.6. The van der Waals surface area contributed by atoms with E-state index in [0.717, 1.165) is 24.6 Å². The second-order valence-corrected chi connectivity index (χ2v) is 7.63. The summed E-state index contributed by atoms with van der Waals surface area (Å²) in [7, 11) is 0. The summed E-state index contributed by atoms with van der Waals surface area (Å²) in [5.74, 6) is 0.871. The monoisotopic (exact) mass is 336 g/mol. The molecule has 1 unspecified atom stereocenters. The highest BCUT2D eigenvalue weighted by Gasteiger charge is 2.08. The molecule has 2 rings (SSSR count). The first-order valence-corrected chi connectivity index (χ1v) is 9.27. The van der Waals surface area contributed by atoms with E-state index in [1.54, 1.807) is 11.3 Å². The van der Waals surface area contributed by atoms with Crippen LogP contribution < -0.4 is 10.6 Å². The molecule has 2 heterocycles. The predicted molar refractivity (Wildman–Crippen MR) is 97.0 cm³/mol. The van der Waals surface area contributed by atoms with E-state index >= 15 is 0 Å². The Morgan fingerprint density at radius 2 is 2.18 bits per heavy atom. The van der Waals surface area contributed by atoms with Crippen LogP contribution in [-0.2, 0) is 13.0 Å². The Kier molecular flexibility index (Phi) is 6.39. The fourth-order valence-electron chi connectivity index (χ4n) is 2.13. The Balaban J connectivity index is 1.93. The third-order valence-corrected chi connectivity index (χ3v) is 5.20. The molecule has 0 spiro atoms. The van der Waals surface area contributed by atoms with Gasteiger partial charge in [-0.05, 0) is 39.8 Å². The minimum absolute atomic E-state index is 0.346. The number of rotatable bonds is 6. The van der Waals surface area contributed by atoms with Crippen molar-refractivity contribution in [2.24, 2.45) is 4.99 Å².